The largest absolute Gasteiger partial charge is 0.496 e. The average Bonchev–Trinajstić information content (AvgIpc) is 3.24. The van der Waals surface area contributed by atoms with E-state index >= 15 is 0 Å². The zero-order chi connectivity index (χ0) is 14.8. The minimum absolute atomic E-state index is 0.429. The second-order valence-corrected chi connectivity index (χ2v) is 5.65. The van der Waals surface area contributed by atoms with Crippen molar-refractivity contribution in [3.8, 4) is 17.1 Å². The first-order valence-electron chi connectivity index (χ1n) is 7.36. The lowest BCUT2D eigenvalue weighted by Crippen LogP contribution is -2.29. The van der Waals surface area contributed by atoms with E-state index in [4.69, 9.17) is 9.26 Å². The highest BCUT2D eigenvalue weighted by Gasteiger charge is 2.31. The number of aryl methyl sites for hydroxylation is 1. The summed E-state index contributed by atoms with van der Waals surface area (Å²) in [5.74, 6) is 2.79. The Bertz CT molecular complexity index is 620. The molecule has 3 rings (SSSR count). The molecule has 0 radical (unpaired) electrons. The third kappa shape index (κ3) is 3.08. The Morgan fingerprint density at radius 2 is 2.24 bits per heavy atom. The van der Waals surface area contributed by atoms with Gasteiger partial charge in [0.15, 0.2) is 0 Å². The van der Waals surface area contributed by atoms with E-state index < -0.39 is 0 Å². The molecule has 1 aliphatic carbocycles. The zero-order valence-corrected chi connectivity index (χ0v) is 12.7. The summed E-state index contributed by atoms with van der Waals surface area (Å²) < 4.78 is 10.8. The topological polar surface area (TPSA) is 60.2 Å². The second kappa shape index (κ2) is 5.85. The fourth-order valence-electron chi connectivity index (χ4n) is 2.62. The molecule has 5 heteroatoms. The molecular weight excluding hydrogens is 266 g/mol. The van der Waals surface area contributed by atoms with E-state index in [1.165, 1.54) is 12.8 Å². The van der Waals surface area contributed by atoms with E-state index in [1.807, 2.05) is 32.2 Å². The predicted molar refractivity (Wildman–Crippen MR) is 80.3 cm³/mol. The Morgan fingerprint density at radius 1 is 1.43 bits per heavy atom. The molecule has 0 saturated heterocycles. The van der Waals surface area contributed by atoms with Gasteiger partial charge in [-0.2, -0.15) is 4.98 Å². The van der Waals surface area contributed by atoms with Crippen molar-refractivity contribution in [1.29, 1.82) is 0 Å². The van der Waals surface area contributed by atoms with Crippen molar-refractivity contribution in [2.75, 3.05) is 14.2 Å². The molecule has 1 heterocycles. The molecule has 1 N–H and O–H groups in total. The predicted octanol–water partition coefficient (Wildman–Crippen LogP) is 2.59. The van der Waals surface area contributed by atoms with E-state index in [1.54, 1.807) is 7.11 Å². The normalized spacial score (nSPS) is 16.0. The van der Waals surface area contributed by atoms with Gasteiger partial charge in [0.1, 0.15) is 5.75 Å². The zero-order valence-electron chi connectivity index (χ0n) is 12.7. The Labute approximate surface area is 124 Å². The van der Waals surface area contributed by atoms with Crippen molar-refractivity contribution >= 4 is 0 Å². The summed E-state index contributed by atoms with van der Waals surface area (Å²) in [5.41, 5.74) is 2.01. The number of methoxy groups -OCH3 is 1. The molecule has 1 aromatic carbocycles. The highest BCUT2D eigenvalue weighted by atomic mass is 16.5. The summed E-state index contributed by atoms with van der Waals surface area (Å²) in [6, 6.07) is 6.40. The van der Waals surface area contributed by atoms with Crippen LogP contribution in [0.3, 0.4) is 0 Å². The number of likely N-dealkylation sites (N-methyl/N-ethyl adjacent to an activating group) is 1. The summed E-state index contributed by atoms with van der Waals surface area (Å²) in [5, 5.41) is 7.44. The van der Waals surface area contributed by atoms with Crippen molar-refractivity contribution < 1.29 is 9.26 Å². The summed E-state index contributed by atoms with van der Waals surface area (Å²) in [6.45, 7) is 2.03. The van der Waals surface area contributed by atoms with Gasteiger partial charge < -0.3 is 14.6 Å². The van der Waals surface area contributed by atoms with E-state index in [2.05, 4.69) is 15.5 Å². The Balaban J connectivity index is 1.81. The molecule has 1 saturated carbocycles. The van der Waals surface area contributed by atoms with Crippen molar-refractivity contribution in [2.45, 2.75) is 32.2 Å². The van der Waals surface area contributed by atoms with Crippen LogP contribution in [0, 0.1) is 12.8 Å². The molecule has 0 bridgehead atoms. The quantitative estimate of drug-likeness (QED) is 0.885. The van der Waals surface area contributed by atoms with E-state index in [9.17, 15) is 0 Å². The standard InChI is InChI=1S/C16H21N3O2/c1-10-4-7-12(14(8-10)20-3)16-18-15(21-19-16)9-13(17-2)11-5-6-11/h4,7-8,11,13,17H,5-6,9H2,1-3H3. The molecule has 0 spiro atoms. The number of nitrogens with zero attached hydrogens (tertiary/aromatic N) is 2. The third-order valence-corrected chi connectivity index (χ3v) is 4.02. The van der Waals surface area contributed by atoms with Gasteiger partial charge in [0.2, 0.25) is 11.7 Å². The number of aromatic nitrogens is 2. The fraction of sp³-hybridized carbons (Fsp3) is 0.500. The van der Waals surface area contributed by atoms with E-state index in [0.717, 1.165) is 29.2 Å². The van der Waals surface area contributed by atoms with Crippen LogP contribution in [-0.4, -0.2) is 30.3 Å². The number of ether oxygens (including phenoxy) is 1. The molecule has 112 valence electrons. The van der Waals surface area contributed by atoms with Crippen molar-refractivity contribution in [3.63, 3.8) is 0 Å². The van der Waals surface area contributed by atoms with Gasteiger partial charge in [-0.05, 0) is 50.4 Å². The first-order chi connectivity index (χ1) is 10.2. The van der Waals surface area contributed by atoms with Crippen LogP contribution < -0.4 is 10.1 Å². The molecule has 1 fully saturated rings. The van der Waals surface area contributed by atoms with Crippen LogP contribution in [0.2, 0.25) is 0 Å². The van der Waals surface area contributed by atoms with Gasteiger partial charge in [0, 0.05) is 12.5 Å². The third-order valence-electron chi connectivity index (χ3n) is 4.02. The van der Waals surface area contributed by atoms with Gasteiger partial charge in [-0.25, -0.2) is 0 Å². The highest BCUT2D eigenvalue weighted by Crippen LogP contribution is 2.34. The Kier molecular flexibility index (Phi) is 3.92. The maximum Gasteiger partial charge on any atom is 0.228 e. The van der Waals surface area contributed by atoms with Crippen molar-refractivity contribution in [2.24, 2.45) is 5.92 Å². The smallest absolute Gasteiger partial charge is 0.228 e. The van der Waals surface area contributed by atoms with Crippen LogP contribution in [0.15, 0.2) is 22.7 Å². The van der Waals surface area contributed by atoms with E-state index in [0.29, 0.717) is 17.8 Å². The summed E-state index contributed by atoms with van der Waals surface area (Å²) in [4.78, 5) is 4.52. The molecule has 1 atom stereocenters. The van der Waals surface area contributed by atoms with Crippen LogP contribution >= 0.6 is 0 Å². The number of benzene rings is 1. The first-order valence-corrected chi connectivity index (χ1v) is 7.36. The van der Waals surface area contributed by atoms with Gasteiger partial charge >= 0.3 is 0 Å². The molecule has 0 amide bonds. The molecule has 1 aromatic heterocycles. The lowest BCUT2D eigenvalue weighted by atomic mass is 10.1. The Hall–Kier alpha value is -1.88. The van der Waals surface area contributed by atoms with Crippen LogP contribution in [0.1, 0.15) is 24.3 Å². The summed E-state index contributed by atoms with van der Waals surface area (Å²) >= 11 is 0. The first kappa shape index (κ1) is 14.1. The summed E-state index contributed by atoms with van der Waals surface area (Å²) in [7, 11) is 3.65. The number of nitrogens with one attached hydrogen (secondary N) is 1. The maximum atomic E-state index is 5.41. The molecule has 1 unspecified atom stereocenters. The number of hydrogen-bond acceptors (Lipinski definition) is 5. The highest BCUT2D eigenvalue weighted by molar-refractivity contribution is 5.64. The fourth-order valence-corrected chi connectivity index (χ4v) is 2.62. The van der Waals surface area contributed by atoms with Gasteiger partial charge in [0.25, 0.3) is 0 Å². The van der Waals surface area contributed by atoms with Gasteiger partial charge in [-0.3, -0.25) is 0 Å². The van der Waals surface area contributed by atoms with Crippen molar-refractivity contribution in [1.82, 2.24) is 15.5 Å². The van der Waals surface area contributed by atoms with E-state index in [-0.39, 0.29) is 0 Å². The van der Waals surface area contributed by atoms with Crippen LogP contribution in [0.25, 0.3) is 11.4 Å². The average molecular weight is 287 g/mol. The molecular formula is C16H21N3O2. The van der Waals surface area contributed by atoms with Gasteiger partial charge in [-0.1, -0.05) is 11.2 Å². The molecule has 2 aromatic rings. The second-order valence-electron chi connectivity index (χ2n) is 5.65. The Morgan fingerprint density at radius 3 is 2.90 bits per heavy atom. The maximum absolute atomic E-state index is 5.41. The van der Waals surface area contributed by atoms with Crippen LogP contribution in [0.5, 0.6) is 5.75 Å². The lowest BCUT2D eigenvalue weighted by Gasteiger charge is -2.11. The minimum Gasteiger partial charge on any atom is -0.496 e. The number of hydrogen-bond donors (Lipinski definition) is 1. The monoisotopic (exact) mass is 287 g/mol. The van der Waals surface area contributed by atoms with Crippen LogP contribution in [0.4, 0.5) is 0 Å². The van der Waals surface area contributed by atoms with Gasteiger partial charge in [-0.15, -0.1) is 0 Å². The SMILES string of the molecule is CNC(Cc1nc(-c2ccc(C)cc2OC)no1)C1CC1. The van der Waals surface area contributed by atoms with Gasteiger partial charge in [0.05, 0.1) is 12.7 Å². The summed E-state index contributed by atoms with van der Waals surface area (Å²) in [6.07, 6.45) is 3.36. The number of rotatable bonds is 6. The molecule has 5 nitrogen and oxygen atoms in total. The molecule has 1 aliphatic rings. The molecule has 21 heavy (non-hydrogen) atoms. The molecule has 0 aliphatic heterocycles. The van der Waals surface area contributed by atoms with Crippen molar-refractivity contribution in [3.05, 3.63) is 29.7 Å². The van der Waals surface area contributed by atoms with Crippen LogP contribution in [-0.2, 0) is 6.42 Å². The minimum atomic E-state index is 0.429. The lowest BCUT2D eigenvalue weighted by molar-refractivity contribution is 0.352.